The number of hydrogen-bond donors (Lipinski definition) is 1. The Morgan fingerprint density at radius 1 is 1.00 bits per heavy atom. The predicted molar refractivity (Wildman–Crippen MR) is 103 cm³/mol. The molecule has 2 aromatic rings. The highest BCUT2D eigenvalue weighted by atomic mass is 35.5. The van der Waals surface area contributed by atoms with E-state index in [2.05, 4.69) is 5.32 Å². The van der Waals surface area contributed by atoms with E-state index in [0.29, 0.717) is 10.7 Å². The number of carbonyl (C=O) groups is 2. The van der Waals surface area contributed by atoms with Gasteiger partial charge in [-0.3, -0.25) is 9.59 Å². The Kier molecular flexibility index (Phi) is 5.85. The molecule has 0 aliphatic rings. The molecule has 1 N–H and O–H groups in total. The van der Waals surface area contributed by atoms with Gasteiger partial charge in [-0.15, -0.1) is 0 Å². The second-order valence-electron chi connectivity index (χ2n) is 6.38. The predicted octanol–water partition coefficient (Wildman–Crippen LogP) is 4.57. The molecule has 0 unspecified atom stereocenters. The monoisotopic (exact) mass is 358 g/mol. The Bertz CT molecular complexity index is 807. The van der Waals surface area contributed by atoms with Crippen molar-refractivity contribution in [1.82, 2.24) is 0 Å². The number of nitrogens with one attached hydrogen (secondary N) is 1. The van der Waals surface area contributed by atoms with Crippen molar-refractivity contribution in [2.24, 2.45) is 0 Å². The van der Waals surface area contributed by atoms with Gasteiger partial charge in [0.2, 0.25) is 11.8 Å². The van der Waals surface area contributed by atoms with Gasteiger partial charge in [0.15, 0.2) is 0 Å². The van der Waals surface area contributed by atoms with Gasteiger partial charge in [0.05, 0.1) is 10.7 Å². The summed E-state index contributed by atoms with van der Waals surface area (Å²) >= 11 is 6.33. The zero-order chi connectivity index (χ0) is 18.7. The van der Waals surface area contributed by atoms with Crippen molar-refractivity contribution in [2.75, 3.05) is 16.8 Å². The zero-order valence-corrected chi connectivity index (χ0v) is 16.0. The van der Waals surface area contributed by atoms with Crippen LogP contribution in [-0.2, 0) is 9.59 Å². The minimum atomic E-state index is -0.266. The second kappa shape index (κ2) is 7.70. The van der Waals surface area contributed by atoms with Crippen LogP contribution in [0.15, 0.2) is 30.3 Å². The third-order valence-electron chi connectivity index (χ3n) is 4.01. The zero-order valence-electron chi connectivity index (χ0n) is 15.2. The normalized spacial score (nSPS) is 10.5. The smallest absolute Gasteiger partial charge is 0.244 e. The molecule has 4 nitrogen and oxygen atoms in total. The summed E-state index contributed by atoms with van der Waals surface area (Å²) in [5.74, 6) is -0.497. The lowest BCUT2D eigenvalue weighted by atomic mass is 10.1. The molecular weight excluding hydrogens is 336 g/mol. The van der Waals surface area contributed by atoms with E-state index in [1.807, 2.05) is 52.0 Å². The third-order valence-corrected chi connectivity index (χ3v) is 4.29. The van der Waals surface area contributed by atoms with Crippen LogP contribution in [0.4, 0.5) is 11.4 Å². The van der Waals surface area contributed by atoms with Crippen LogP contribution in [0.1, 0.15) is 29.2 Å². The summed E-state index contributed by atoms with van der Waals surface area (Å²) in [5, 5.41) is 3.33. The summed E-state index contributed by atoms with van der Waals surface area (Å²) in [6.07, 6.45) is 0. The standard InChI is InChI=1S/C20H23ClN2O2/c1-12-6-7-18(14(3)8-12)22-19(25)11-23(16(5)24)20-15(4)9-13(2)10-17(20)21/h6-10H,11H2,1-5H3,(H,22,25). The van der Waals surface area contributed by atoms with E-state index in [1.54, 1.807) is 6.07 Å². The summed E-state index contributed by atoms with van der Waals surface area (Å²) in [5.41, 5.74) is 5.30. The Labute approximate surface area is 153 Å². The van der Waals surface area contributed by atoms with Crippen molar-refractivity contribution >= 4 is 34.8 Å². The van der Waals surface area contributed by atoms with Crippen LogP contribution in [0, 0.1) is 27.7 Å². The van der Waals surface area contributed by atoms with Gasteiger partial charge < -0.3 is 10.2 Å². The van der Waals surface area contributed by atoms with E-state index in [0.717, 1.165) is 27.9 Å². The van der Waals surface area contributed by atoms with Crippen LogP contribution < -0.4 is 10.2 Å². The SMILES string of the molecule is CC(=O)N(CC(=O)Nc1ccc(C)cc1C)c1c(C)cc(C)cc1Cl. The number of aryl methyl sites for hydroxylation is 4. The van der Waals surface area contributed by atoms with Gasteiger partial charge >= 0.3 is 0 Å². The van der Waals surface area contributed by atoms with Crippen LogP contribution in [0.2, 0.25) is 5.02 Å². The largest absolute Gasteiger partial charge is 0.324 e. The first-order valence-electron chi connectivity index (χ1n) is 8.11. The molecule has 0 aliphatic heterocycles. The quantitative estimate of drug-likeness (QED) is 0.870. The summed E-state index contributed by atoms with van der Waals surface area (Å²) in [4.78, 5) is 26.0. The van der Waals surface area contributed by atoms with Crippen molar-refractivity contribution in [3.63, 3.8) is 0 Å². The molecule has 2 aromatic carbocycles. The molecule has 0 saturated carbocycles. The fraction of sp³-hybridized carbons (Fsp3) is 0.300. The first-order chi connectivity index (χ1) is 11.7. The molecule has 132 valence electrons. The van der Waals surface area contributed by atoms with Gasteiger partial charge in [-0.2, -0.15) is 0 Å². The number of carbonyl (C=O) groups excluding carboxylic acids is 2. The molecule has 0 saturated heterocycles. The lowest BCUT2D eigenvalue weighted by Crippen LogP contribution is -2.37. The van der Waals surface area contributed by atoms with Crippen LogP contribution in [0.5, 0.6) is 0 Å². The minimum Gasteiger partial charge on any atom is -0.324 e. The number of anilines is 2. The Morgan fingerprint density at radius 3 is 2.20 bits per heavy atom. The molecule has 0 atom stereocenters. The highest BCUT2D eigenvalue weighted by molar-refractivity contribution is 6.34. The topological polar surface area (TPSA) is 49.4 Å². The first kappa shape index (κ1) is 19.0. The number of rotatable bonds is 4. The Balaban J connectivity index is 2.25. The molecule has 2 amide bonds. The highest BCUT2D eigenvalue weighted by Crippen LogP contribution is 2.31. The average Bonchev–Trinajstić information content (AvgIpc) is 2.48. The summed E-state index contributed by atoms with van der Waals surface area (Å²) in [7, 11) is 0. The van der Waals surface area contributed by atoms with E-state index in [-0.39, 0.29) is 18.4 Å². The van der Waals surface area contributed by atoms with Crippen molar-refractivity contribution in [2.45, 2.75) is 34.6 Å². The van der Waals surface area contributed by atoms with Gasteiger partial charge in [0.1, 0.15) is 6.54 Å². The van der Waals surface area contributed by atoms with Crippen LogP contribution in [-0.4, -0.2) is 18.4 Å². The van der Waals surface area contributed by atoms with Crippen molar-refractivity contribution in [1.29, 1.82) is 0 Å². The molecule has 2 rings (SSSR count). The second-order valence-corrected chi connectivity index (χ2v) is 6.79. The summed E-state index contributed by atoms with van der Waals surface area (Å²) < 4.78 is 0. The van der Waals surface area contributed by atoms with Crippen molar-refractivity contribution in [3.8, 4) is 0 Å². The highest BCUT2D eigenvalue weighted by Gasteiger charge is 2.21. The van der Waals surface area contributed by atoms with Gasteiger partial charge in [-0.1, -0.05) is 35.4 Å². The maximum absolute atomic E-state index is 12.5. The summed E-state index contributed by atoms with van der Waals surface area (Å²) in [6, 6.07) is 9.54. The lowest BCUT2D eigenvalue weighted by molar-refractivity contribution is -0.120. The van der Waals surface area contributed by atoms with E-state index in [1.165, 1.54) is 11.8 Å². The third kappa shape index (κ3) is 4.60. The molecule has 0 aromatic heterocycles. The molecule has 0 spiro atoms. The molecule has 0 heterocycles. The molecule has 0 bridgehead atoms. The van der Waals surface area contributed by atoms with E-state index in [4.69, 9.17) is 11.6 Å². The van der Waals surface area contributed by atoms with Gasteiger partial charge in [0, 0.05) is 12.6 Å². The maximum atomic E-state index is 12.5. The Morgan fingerprint density at radius 2 is 1.64 bits per heavy atom. The Hall–Kier alpha value is -2.33. The van der Waals surface area contributed by atoms with Gasteiger partial charge in [0.25, 0.3) is 0 Å². The number of benzene rings is 2. The van der Waals surface area contributed by atoms with E-state index >= 15 is 0 Å². The molecule has 0 radical (unpaired) electrons. The van der Waals surface area contributed by atoms with Gasteiger partial charge in [-0.25, -0.2) is 0 Å². The van der Waals surface area contributed by atoms with Crippen LogP contribution >= 0.6 is 11.6 Å². The molecule has 0 fully saturated rings. The van der Waals surface area contributed by atoms with Crippen LogP contribution in [0.25, 0.3) is 0 Å². The van der Waals surface area contributed by atoms with Gasteiger partial charge in [-0.05, 0) is 56.5 Å². The molecule has 25 heavy (non-hydrogen) atoms. The lowest BCUT2D eigenvalue weighted by Gasteiger charge is -2.24. The van der Waals surface area contributed by atoms with E-state index < -0.39 is 0 Å². The molecule has 5 heteroatoms. The van der Waals surface area contributed by atoms with E-state index in [9.17, 15) is 9.59 Å². The van der Waals surface area contributed by atoms with Crippen molar-refractivity contribution < 1.29 is 9.59 Å². The fourth-order valence-corrected chi connectivity index (χ4v) is 3.31. The van der Waals surface area contributed by atoms with Crippen LogP contribution in [0.3, 0.4) is 0 Å². The minimum absolute atomic E-state index is 0.0910. The molecular formula is C20H23ClN2O2. The summed E-state index contributed by atoms with van der Waals surface area (Å²) in [6.45, 7) is 9.09. The number of halogens is 1. The first-order valence-corrected chi connectivity index (χ1v) is 8.48. The van der Waals surface area contributed by atoms with Crippen molar-refractivity contribution in [3.05, 3.63) is 57.6 Å². The number of amides is 2. The molecule has 0 aliphatic carbocycles. The fourth-order valence-electron chi connectivity index (χ4n) is 2.88. The maximum Gasteiger partial charge on any atom is 0.244 e. The average molecular weight is 359 g/mol. The number of hydrogen-bond acceptors (Lipinski definition) is 2. The number of nitrogens with zero attached hydrogens (tertiary/aromatic N) is 1.